The van der Waals surface area contributed by atoms with Gasteiger partial charge in [0.25, 0.3) is 0 Å². The zero-order valence-electron chi connectivity index (χ0n) is 10.2. The van der Waals surface area contributed by atoms with Crippen molar-refractivity contribution in [2.45, 2.75) is 17.2 Å². The van der Waals surface area contributed by atoms with Gasteiger partial charge >= 0.3 is 0 Å². The Hall–Kier alpha value is -1.17. The van der Waals surface area contributed by atoms with E-state index < -0.39 is 9.84 Å². The van der Waals surface area contributed by atoms with Crippen LogP contribution < -0.4 is 5.73 Å². The van der Waals surface area contributed by atoms with E-state index in [1.165, 1.54) is 0 Å². The molecule has 5 heteroatoms. The third-order valence-corrected chi connectivity index (χ3v) is 5.48. The first-order chi connectivity index (χ1) is 9.03. The van der Waals surface area contributed by atoms with Gasteiger partial charge < -0.3 is 5.73 Å². The van der Waals surface area contributed by atoms with E-state index >= 15 is 0 Å². The molecule has 0 aliphatic rings. The molecular weight excluding hydrogens is 326 g/mol. The summed E-state index contributed by atoms with van der Waals surface area (Å²) >= 11 is 3.27. The number of hydrogen-bond donors (Lipinski definition) is 1. The fourth-order valence-corrected chi connectivity index (χ4v) is 4.23. The number of nitrogens with two attached hydrogens (primary N) is 1. The fourth-order valence-electron chi connectivity index (χ4n) is 1.77. The summed E-state index contributed by atoms with van der Waals surface area (Å²) in [7, 11) is -3.34. The van der Waals surface area contributed by atoms with Crippen LogP contribution in [-0.4, -0.2) is 8.42 Å². The molecule has 0 amide bonds. The van der Waals surface area contributed by atoms with Crippen molar-refractivity contribution in [3.05, 3.63) is 64.1 Å². The number of rotatable bonds is 4. The average molecular weight is 340 g/mol. The fraction of sp³-hybridized carbons (Fsp3) is 0.143. The predicted octanol–water partition coefficient (Wildman–Crippen LogP) is 2.88. The molecule has 100 valence electrons. The lowest BCUT2D eigenvalue weighted by Crippen LogP contribution is -2.06. The zero-order valence-corrected chi connectivity index (χ0v) is 12.6. The smallest absolute Gasteiger partial charge is 0.183 e. The van der Waals surface area contributed by atoms with Crippen molar-refractivity contribution in [3.63, 3.8) is 0 Å². The molecule has 2 aromatic carbocycles. The summed E-state index contributed by atoms with van der Waals surface area (Å²) in [5.74, 6) is -0.0134. The lowest BCUT2D eigenvalue weighted by Gasteiger charge is -2.07. The largest absolute Gasteiger partial charge is 0.326 e. The van der Waals surface area contributed by atoms with Crippen molar-refractivity contribution >= 4 is 25.8 Å². The van der Waals surface area contributed by atoms with Gasteiger partial charge in [0.2, 0.25) is 0 Å². The minimum Gasteiger partial charge on any atom is -0.326 e. The monoisotopic (exact) mass is 339 g/mol. The molecule has 2 N–H and O–H groups in total. The van der Waals surface area contributed by atoms with Gasteiger partial charge in [-0.15, -0.1) is 0 Å². The normalized spacial score (nSPS) is 11.5. The zero-order chi connectivity index (χ0) is 13.9. The Labute approximate surface area is 121 Å². The lowest BCUT2D eigenvalue weighted by molar-refractivity contribution is 0.595. The van der Waals surface area contributed by atoms with Crippen molar-refractivity contribution in [2.24, 2.45) is 5.73 Å². The van der Waals surface area contributed by atoms with Crippen molar-refractivity contribution in [2.75, 3.05) is 0 Å². The Morgan fingerprint density at radius 3 is 2.11 bits per heavy atom. The van der Waals surface area contributed by atoms with E-state index in [-0.39, 0.29) is 5.75 Å². The number of benzene rings is 2. The third-order valence-electron chi connectivity index (χ3n) is 2.79. The van der Waals surface area contributed by atoms with Crippen molar-refractivity contribution in [3.8, 4) is 0 Å². The highest BCUT2D eigenvalue weighted by Crippen LogP contribution is 2.24. The maximum Gasteiger partial charge on any atom is 0.183 e. The average Bonchev–Trinajstić information content (AvgIpc) is 2.39. The molecule has 0 saturated heterocycles. The molecule has 0 spiro atoms. The van der Waals surface area contributed by atoms with E-state index in [0.29, 0.717) is 15.9 Å². The van der Waals surface area contributed by atoms with Gasteiger partial charge in [-0.3, -0.25) is 0 Å². The summed E-state index contributed by atoms with van der Waals surface area (Å²) in [4.78, 5) is 0.318. The minimum atomic E-state index is -3.34. The summed E-state index contributed by atoms with van der Waals surface area (Å²) in [6, 6.07) is 14.1. The summed E-state index contributed by atoms with van der Waals surface area (Å²) in [5, 5.41) is 0. The molecule has 0 aromatic heterocycles. The van der Waals surface area contributed by atoms with Crippen LogP contribution in [-0.2, 0) is 22.1 Å². The minimum absolute atomic E-state index is 0.0134. The standard InChI is InChI=1S/C14H14BrNO2S/c15-13-3-1-2-4-14(13)19(17,18)10-12-7-5-11(9-16)6-8-12/h1-8H,9-10,16H2. The van der Waals surface area contributed by atoms with E-state index in [2.05, 4.69) is 15.9 Å². The highest BCUT2D eigenvalue weighted by atomic mass is 79.9. The highest BCUT2D eigenvalue weighted by molar-refractivity contribution is 9.10. The van der Waals surface area contributed by atoms with Crippen LogP contribution in [0.1, 0.15) is 11.1 Å². The molecule has 0 atom stereocenters. The van der Waals surface area contributed by atoms with Gasteiger partial charge in [0.15, 0.2) is 9.84 Å². The van der Waals surface area contributed by atoms with Crippen molar-refractivity contribution in [1.82, 2.24) is 0 Å². The van der Waals surface area contributed by atoms with Crippen molar-refractivity contribution < 1.29 is 8.42 Å². The summed E-state index contributed by atoms with van der Waals surface area (Å²) in [6.45, 7) is 0.456. The van der Waals surface area contributed by atoms with Crippen LogP contribution >= 0.6 is 15.9 Å². The molecule has 19 heavy (non-hydrogen) atoms. The van der Waals surface area contributed by atoms with Gasteiger partial charge in [-0.1, -0.05) is 36.4 Å². The van der Waals surface area contributed by atoms with E-state index in [0.717, 1.165) is 11.1 Å². The molecule has 0 unspecified atom stereocenters. The maximum absolute atomic E-state index is 12.3. The molecule has 0 bridgehead atoms. The SMILES string of the molecule is NCc1ccc(CS(=O)(=O)c2ccccc2Br)cc1. The van der Waals surface area contributed by atoms with Gasteiger partial charge in [0.1, 0.15) is 0 Å². The van der Waals surface area contributed by atoms with Crippen LogP contribution in [0.3, 0.4) is 0 Å². The van der Waals surface area contributed by atoms with Gasteiger partial charge in [-0.25, -0.2) is 8.42 Å². The van der Waals surface area contributed by atoms with Crippen LogP contribution in [0.5, 0.6) is 0 Å². The van der Waals surface area contributed by atoms with Crippen LogP contribution in [0.15, 0.2) is 57.9 Å². The highest BCUT2D eigenvalue weighted by Gasteiger charge is 2.17. The first-order valence-corrected chi connectivity index (χ1v) is 8.22. The Bertz CT molecular complexity index is 666. The van der Waals surface area contributed by atoms with Gasteiger partial charge in [0, 0.05) is 11.0 Å². The third kappa shape index (κ3) is 3.43. The molecule has 0 aliphatic carbocycles. The number of sulfone groups is 1. The second kappa shape index (κ2) is 5.86. The molecule has 2 rings (SSSR count). The second-order valence-electron chi connectivity index (χ2n) is 4.21. The Balaban J connectivity index is 2.28. The van der Waals surface area contributed by atoms with E-state index in [9.17, 15) is 8.42 Å². The summed E-state index contributed by atoms with van der Waals surface area (Å²) in [6.07, 6.45) is 0. The van der Waals surface area contributed by atoms with Crippen LogP contribution in [0.2, 0.25) is 0 Å². The van der Waals surface area contributed by atoms with E-state index in [1.807, 2.05) is 12.1 Å². The molecule has 0 fully saturated rings. The van der Waals surface area contributed by atoms with Gasteiger partial charge in [0.05, 0.1) is 10.6 Å². The first-order valence-electron chi connectivity index (χ1n) is 5.78. The first kappa shape index (κ1) is 14.2. The molecule has 0 aliphatic heterocycles. The number of halogens is 1. The molecular formula is C14H14BrNO2S. The van der Waals surface area contributed by atoms with Crippen LogP contribution in [0.25, 0.3) is 0 Å². The predicted molar refractivity (Wildman–Crippen MR) is 79.4 cm³/mol. The Kier molecular flexibility index (Phi) is 4.39. The van der Waals surface area contributed by atoms with Gasteiger partial charge in [-0.05, 0) is 39.2 Å². The lowest BCUT2D eigenvalue weighted by atomic mass is 10.1. The van der Waals surface area contributed by atoms with Crippen molar-refractivity contribution in [1.29, 1.82) is 0 Å². The second-order valence-corrected chi connectivity index (χ2v) is 7.02. The molecule has 0 heterocycles. The molecule has 2 aromatic rings. The molecule has 0 radical (unpaired) electrons. The quantitative estimate of drug-likeness (QED) is 0.931. The summed E-state index contributed by atoms with van der Waals surface area (Å²) < 4.78 is 25.2. The van der Waals surface area contributed by atoms with Crippen LogP contribution in [0, 0.1) is 0 Å². The van der Waals surface area contributed by atoms with Crippen LogP contribution in [0.4, 0.5) is 0 Å². The topological polar surface area (TPSA) is 60.2 Å². The van der Waals surface area contributed by atoms with E-state index in [4.69, 9.17) is 5.73 Å². The number of hydrogen-bond acceptors (Lipinski definition) is 3. The molecule has 3 nitrogen and oxygen atoms in total. The Morgan fingerprint density at radius 1 is 0.947 bits per heavy atom. The summed E-state index contributed by atoms with van der Waals surface area (Å²) in [5.41, 5.74) is 7.26. The van der Waals surface area contributed by atoms with Gasteiger partial charge in [-0.2, -0.15) is 0 Å². The Morgan fingerprint density at radius 2 is 1.53 bits per heavy atom. The molecule has 0 saturated carbocycles. The van der Waals surface area contributed by atoms with E-state index in [1.54, 1.807) is 36.4 Å². The maximum atomic E-state index is 12.3.